The van der Waals surface area contributed by atoms with E-state index >= 15 is 0 Å². The summed E-state index contributed by atoms with van der Waals surface area (Å²) in [5.41, 5.74) is 2.60. The van der Waals surface area contributed by atoms with Crippen molar-refractivity contribution in [1.82, 2.24) is 14.8 Å². The Labute approximate surface area is 126 Å². The first kappa shape index (κ1) is 14.7. The lowest BCUT2D eigenvalue weighted by molar-refractivity contribution is -0.142. The number of aromatic nitrogens is 3. The Morgan fingerprint density at radius 1 is 1.40 bits per heavy atom. The number of esters is 1. The molecule has 1 unspecified atom stereocenters. The maximum Gasteiger partial charge on any atom is 0.312 e. The summed E-state index contributed by atoms with van der Waals surface area (Å²) in [4.78, 5) is 16.1. The molecule has 2 aromatic rings. The summed E-state index contributed by atoms with van der Waals surface area (Å²) in [6.45, 7) is 5.64. The van der Waals surface area contributed by atoms with E-state index in [0.29, 0.717) is 0 Å². The first-order chi connectivity index (χ1) is 9.45. The third-order valence-electron chi connectivity index (χ3n) is 3.26. The van der Waals surface area contributed by atoms with Gasteiger partial charge in [0.1, 0.15) is 0 Å². The quantitative estimate of drug-likeness (QED) is 0.808. The van der Waals surface area contributed by atoms with E-state index in [9.17, 15) is 4.79 Å². The van der Waals surface area contributed by atoms with Gasteiger partial charge in [-0.2, -0.15) is 5.10 Å². The second-order valence-corrected chi connectivity index (χ2v) is 5.49. The topological polar surface area (TPSA) is 57.0 Å². The molecule has 0 aromatic carbocycles. The normalized spacial score (nSPS) is 12.2. The standard InChI is InChI=1S/C14H16BrN3O2/c1-8(14(19)20-4)13-9(2)17-18(10(13)3)12-6-5-11(15)7-16-12/h5-8H,1-4H3. The number of pyridine rings is 1. The van der Waals surface area contributed by atoms with Crippen molar-refractivity contribution in [3.05, 3.63) is 39.8 Å². The largest absolute Gasteiger partial charge is 0.469 e. The van der Waals surface area contributed by atoms with Crippen LogP contribution in [0.2, 0.25) is 0 Å². The molecule has 0 aliphatic carbocycles. The number of ether oxygens (including phenoxy) is 1. The average Bonchev–Trinajstić information content (AvgIpc) is 2.73. The van der Waals surface area contributed by atoms with E-state index in [0.717, 1.165) is 27.2 Å². The van der Waals surface area contributed by atoms with Crippen molar-refractivity contribution in [2.75, 3.05) is 7.11 Å². The van der Waals surface area contributed by atoms with E-state index in [1.807, 2.05) is 32.9 Å². The van der Waals surface area contributed by atoms with Gasteiger partial charge in [-0.15, -0.1) is 0 Å². The van der Waals surface area contributed by atoms with E-state index in [1.165, 1.54) is 7.11 Å². The molecule has 2 rings (SSSR count). The fourth-order valence-corrected chi connectivity index (χ4v) is 2.53. The number of carbonyl (C=O) groups is 1. The highest BCUT2D eigenvalue weighted by Gasteiger charge is 2.24. The van der Waals surface area contributed by atoms with Gasteiger partial charge in [0.05, 0.1) is 18.7 Å². The molecule has 0 N–H and O–H groups in total. The molecule has 1 atom stereocenters. The van der Waals surface area contributed by atoms with Gasteiger partial charge in [0.25, 0.3) is 0 Å². The Hall–Kier alpha value is -1.69. The van der Waals surface area contributed by atoms with Crippen LogP contribution in [0.5, 0.6) is 0 Å². The van der Waals surface area contributed by atoms with Crippen molar-refractivity contribution >= 4 is 21.9 Å². The summed E-state index contributed by atoms with van der Waals surface area (Å²) in [5, 5.41) is 4.48. The fourth-order valence-electron chi connectivity index (χ4n) is 2.29. The van der Waals surface area contributed by atoms with Crippen molar-refractivity contribution in [3.8, 4) is 5.82 Å². The van der Waals surface area contributed by atoms with Crippen molar-refractivity contribution in [1.29, 1.82) is 0 Å². The molecule has 0 saturated heterocycles. The summed E-state index contributed by atoms with van der Waals surface area (Å²) >= 11 is 3.35. The Bertz CT molecular complexity index is 635. The number of hydrogen-bond donors (Lipinski definition) is 0. The number of halogens is 1. The first-order valence-corrected chi connectivity index (χ1v) is 7.01. The van der Waals surface area contributed by atoms with Gasteiger partial charge in [0.2, 0.25) is 0 Å². The second-order valence-electron chi connectivity index (χ2n) is 4.58. The molecule has 0 spiro atoms. The monoisotopic (exact) mass is 337 g/mol. The molecule has 6 heteroatoms. The minimum Gasteiger partial charge on any atom is -0.469 e. The van der Waals surface area contributed by atoms with Crippen molar-refractivity contribution < 1.29 is 9.53 Å². The number of aryl methyl sites for hydroxylation is 1. The van der Waals surface area contributed by atoms with Crippen LogP contribution >= 0.6 is 15.9 Å². The van der Waals surface area contributed by atoms with Crippen LogP contribution in [-0.4, -0.2) is 27.8 Å². The summed E-state index contributed by atoms with van der Waals surface area (Å²) in [6, 6.07) is 3.78. The highest BCUT2D eigenvalue weighted by Crippen LogP contribution is 2.26. The molecule has 106 valence electrons. The van der Waals surface area contributed by atoms with E-state index in [1.54, 1.807) is 10.9 Å². The van der Waals surface area contributed by atoms with Gasteiger partial charge in [-0.05, 0) is 48.8 Å². The van der Waals surface area contributed by atoms with Crippen LogP contribution in [-0.2, 0) is 9.53 Å². The van der Waals surface area contributed by atoms with Crippen LogP contribution in [0.4, 0.5) is 0 Å². The predicted octanol–water partition coefficient (Wildman–Crippen LogP) is 2.92. The van der Waals surface area contributed by atoms with Crippen LogP contribution in [0, 0.1) is 13.8 Å². The summed E-state index contributed by atoms with van der Waals surface area (Å²) in [6.07, 6.45) is 1.72. The zero-order chi connectivity index (χ0) is 14.9. The van der Waals surface area contributed by atoms with E-state index in [-0.39, 0.29) is 11.9 Å². The third-order valence-corrected chi connectivity index (χ3v) is 3.73. The molecule has 5 nitrogen and oxygen atoms in total. The average molecular weight is 338 g/mol. The number of hydrogen-bond acceptors (Lipinski definition) is 4. The molecule has 0 aliphatic rings. The molecule has 0 saturated carbocycles. The van der Waals surface area contributed by atoms with Crippen LogP contribution < -0.4 is 0 Å². The zero-order valence-electron chi connectivity index (χ0n) is 11.8. The lowest BCUT2D eigenvalue weighted by Gasteiger charge is -2.10. The van der Waals surface area contributed by atoms with Gasteiger partial charge in [0, 0.05) is 21.9 Å². The molecule has 2 heterocycles. The Balaban J connectivity index is 2.48. The van der Waals surface area contributed by atoms with Crippen LogP contribution in [0.25, 0.3) is 5.82 Å². The Morgan fingerprint density at radius 2 is 2.10 bits per heavy atom. The highest BCUT2D eigenvalue weighted by molar-refractivity contribution is 9.10. The van der Waals surface area contributed by atoms with Crippen molar-refractivity contribution in [2.45, 2.75) is 26.7 Å². The fraction of sp³-hybridized carbons (Fsp3) is 0.357. The van der Waals surface area contributed by atoms with Gasteiger partial charge in [-0.1, -0.05) is 0 Å². The molecule has 0 radical (unpaired) electrons. The SMILES string of the molecule is COC(=O)C(C)c1c(C)nn(-c2ccc(Br)cn2)c1C. The Morgan fingerprint density at radius 3 is 2.65 bits per heavy atom. The lowest BCUT2D eigenvalue weighted by Crippen LogP contribution is -2.12. The van der Waals surface area contributed by atoms with Crippen molar-refractivity contribution in [2.24, 2.45) is 0 Å². The maximum absolute atomic E-state index is 11.7. The van der Waals surface area contributed by atoms with E-state index in [2.05, 4.69) is 26.0 Å². The van der Waals surface area contributed by atoms with E-state index < -0.39 is 0 Å². The summed E-state index contributed by atoms with van der Waals surface area (Å²) in [7, 11) is 1.39. The zero-order valence-corrected chi connectivity index (χ0v) is 13.4. The number of rotatable bonds is 3. The van der Waals surface area contributed by atoms with Gasteiger partial charge in [-0.3, -0.25) is 4.79 Å². The van der Waals surface area contributed by atoms with Crippen LogP contribution in [0.1, 0.15) is 29.8 Å². The lowest BCUT2D eigenvalue weighted by atomic mass is 9.99. The molecule has 20 heavy (non-hydrogen) atoms. The summed E-state index contributed by atoms with van der Waals surface area (Å²) in [5.74, 6) is 0.112. The molecular formula is C14H16BrN3O2. The predicted molar refractivity (Wildman–Crippen MR) is 79.0 cm³/mol. The van der Waals surface area contributed by atoms with Crippen LogP contribution in [0.15, 0.2) is 22.8 Å². The number of methoxy groups -OCH3 is 1. The molecule has 0 aliphatic heterocycles. The van der Waals surface area contributed by atoms with Gasteiger partial charge in [0.15, 0.2) is 5.82 Å². The minimum atomic E-state index is -0.343. The smallest absolute Gasteiger partial charge is 0.312 e. The number of nitrogens with zero attached hydrogens (tertiary/aromatic N) is 3. The number of carbonyl (C=O) groups excluding carboxylic acids is 1. The van der Waals surface area contributed by atoms with Crippen molar-refractivity contribution in [3.63, 3.8) is 0 Å². The summed E-state index contributed by atoms with van der Waals surface area (Å²) < 4.78 is 7.46. The van der Waals surface area contributed by atoms with Gasteiger partial charge < -0.3 is 4.74 Å². The molecular weight excluding hydrogens is 322 g/mol. The Kier molecular flexibility index (Phi) is 4.23. The third kappa shape index (κ3) is 2.60. The van der Waals surface area contributed by atoms with E-state index in [4.69, 9.17) is 4.74 Å². The molecule has 0 amide bonds. The van der Waals surface area contributed by atoms with Gasteiger partial charge in [-0.25, -0.2) is 9.67 Å². The second kappa shape index (κ2) is 5.75. The minimum absolute atomic E-state index is 0.264. The molecule has 0 bridgehead atoms. The first-order valence-electron chi connectivity index (χ1n) is 6.21. The molecule has 0 fully saturated rings. The highest BCUT2D eigenvalue weighted by atomic mass is 79.9. The molecule has 2 aromatic heterocycles. The van der Waals surface area contributed by atoms with Crippen LogP contribution in [0.3, 0.4) is 0 Å². The maximum atomic E-state index is 11.7. The van der Waals surface area contributed by atoms with Gasteiger partial charge >= 0.3 is 5.97 Å².